The van der Waals surface area contributed by atoms with Gasteiger partial charge in [-0.1, -0.05) is 13.8 Å². The monoisotopic (exact) mass is 144 g/mol. The van der Waals surface area contributed by atoms with Gasteiger partial charge in [0.2, 0.25) is 0 Å². The zero-order chi connectivity index (χ0) is 8.04. The third kappa shape index (κ3) is 4.77. The number of ether oxygens (including phenoxy) is 1. The predicted octanol–water partition coefficient (Wildman–Crippen LogP) is 2.05. The first-order valence-corrected chi connectivity index (χ1v) is 3.76. The van der Waals surface area contributed by atoms with Crippen LogP contribution < -0.4 is 0 Å². The molecule has 0 aliphatic rings. The van der Waals surface area contributed by atoms with E-state index in [0.29, 0.717) is 0 Å². The molecule has 0 atom stereocenters. The van der Waals surface area contributed by atoms with Crippen molar-refractivity contribution in [3.8, 4) is 0 Å². The fraction of sp³-hybridized carbons (Fsp3) is 1.00. The summed E-state index contributed by atoms with van der Waals surface area (Å²) < 4.78 is 5.29. The standard InChI is InChI=1S/C8H18NO/c1-5-10-7-8(2,3)6-9-4/h5-7H2,1-4H3/q-1. The highest BCUT2D eigenvalue weighted by molar-refractivity contribution is 4.83. The van der Waals surface area contributed by atoms with Crippen LogP contribution in [0.1, 0.15) is 20.8 Å². The Morgan fingerprint density at radius 1 is 1.40 bits per heavy atom. The van der Waals surface area contributed by atoms with Crippen LogP contribution in [0.15, 0.2) is 0 Å². The zero-order valence-corrected chi connectivity index (χ0v) is 7.48. The van der Waals surface area contributed by atoms with E-state index in [1.54, 1.807) is 0 Å². The van der Waals surface area contributed by atoms with Crippen molar-refractivity contribution in [3.63, 3.8) is 0 Å². The van der Waals surface area contributed by atoms with E-state index in [4.69, 9.17) is 4.74 Å². The Balaban J connectivity index is 3.42. The van der Waals surface area contributed by atoms with Gasteiger partial charge in [0.25, 0.3) is 0 Å². The summed E-state index contributed by atoms with van der Waals surface area (Å²) in [6.45, 7) is 8.82. The summed E-state index contributed by atoms with van der Waals surface area (Å²) in [5.74, 6) is 0. The Bertz CT molecular complexity index is 81.3. The second kappa shape index (κ2) is 4.69. The summed E-state index contributed by atoms with van der Waals surface area (Å²) in [6, 6.07) is 0. The maximum atomic E-state index is 5.29. The molecule has 10 heavy (non-hydrogen) atoms. The molecule has 0 N–H and O–H groups in total. The average Bonchev–Trinajstić information content (AvgIpc) is 1.84. The van der Waals surface area contributed by atoms with Crippen LogP contribution in [0.4, 0.5) is 0 Å². The lowest BCUT2D eigenvalue weighted by Gasteiger charge is -2.30. The van der Waals surface area contributed by atoms with Crippen molar-refractivity contribution in [2.45, 2.75) is 20.8 Å². The SMILES string of the molecule is CCOCC(C)(C)C[N-]C. The van der Waals surface area contributed by atoms with Gasteiger partial charge in [0.15, 0.2) is 0 Å². The first-order valence-electron chi connectivity index (χ1n) is 3.76. The first kappa shape index (κ1) is 9.92. The highest BCUT2D eigenvalue weighted by atomic mass is 16.5. The van der Waals surface area contributed by atoms with Crippen LogP contribution >= 0.6 is 0 Å². The molecule has 0 unspecified atom stereocenters. The zero-order valence-electron chi connectivity index (χ0n) is 7.48. The summed E-state index contributed by atoms with van der Waals surface area (Å²) in [7, 11) is 1.84. The molecule has 0 fully saturated rings. The average molecular weight is 144 g/mol. The third-order valence-electron chi connectivity index (χ3n) is 1.28. The Hall–Kier alpha value is -0.0800. The molecule has 0 radical (unpaired) electrons. The van der Waals surface area contributed by atoms with Crippen LogP contribution in [-0.4, -0.2) is 26.8 Å². The minimum Gasteiger partial charge on any atom is -0.665 e. The lowest BCUT2D eigenvalue weighted by atomic mass is 9.95. The molecule has 2 nitrogen and oxygen atoms in total. The number of hydrogen-bond donors (Lipinski definition) is 0. The first-order chi connectivity index (χ1) is 4.62. The largest absolute Gasteiger partial charge is 0.665 e. The van der Waals surface area contributed by atoms with E-state index in [1.165, 1.54) is 0 Å². The van der Waals surface area contributed by atoms with Crippen LogP contribution in [0, 0.1) is 5.41 Å². The maximum absolute atomic E-state index is 5.29. The van der Waals surface area contributed by atoms with Crippen LogP contribution in [0.2, 0.25) is 0 Å². The summed E-state index contributed by atoms with van der Waals surface area (Å²) in [4.78, 5) is 0. The molecule has 0 heterocycles. The van der Waals surface area contributed by atoms with Gasteiger partial charge in [0.1, 0.15) is 0 Å². The minimum atomic E-state index is 0.213. The molecule has 2 heteroatoms. The van der Waals surface area contributed by atoms with Gasteiger partial charge in [-0.3, -0.25) is 0 Å². The van der Waals surface area contributed by atoms with E-state index in [2.05, 4.69) is 19.2 Å². The summed E-state index contributed by atoms with van der Waals surface area (Å²) in [6.07, 6.45) is 0. The minimum absolute atomic E-state index is 0.213. The summed E-state index contributed by atoms with van der Waals surface area (Å²) >= 11 is 0. The van der Waals surface area contributed by atoms with Gasteiger partial charge in [-0.05, 0) is 12.3 Å². The quantitative estimate of drug-likeness (QED) is 0.579. The molecule has 0 saturated heterocycles. The number of hydrogen-bond acceptors (Lipinski definition) is 1. The normalized spacial score (nSPS) is 12.0. The molecule has 0 aliphatic heterocycles. The van der Waals surface area contributed by atoms with Crippen molar-refractivity contribution in [1.29, 1.82) is 0 Å². The molecule has 0 rings (SSSR count). The molecular weight excluding hydrogens is 126 g/mol. The fourth-order valence-electron chi connectivity index (χ4n) is 0.852. The van der Waals surface area contributed by atoms with Crippen molar-refractivity contribution >= 4 is 0 Å². The van der Waals surface area contributed by atoms with E-state index in [0.717, 1.165) is 19.8 Å². The van der Waals surface area contributed by atoms with Crippen LogP contribution in [0.3, 0.4) is 0 Å². The number of rotatable bonds is 5. The molecule has 62 valence electrons. The number of nitrogens with zero attached hydrogens (tertiary/aromatic N) is 1. The van der Waals surface area contributed by atoms with Crippen LogP contribution in [0.5, 0.6) is 0 Å². The van der Waals surface area contributed by atoms with E-state index in [9.17, 15) is 0 Å². The van der Waals surface area contributed by atoms with E-state index in [-0.39, 0.29) is 5.41 Å². The van der Waals surface area contributed by atoms with Gasteiger partial charge in [-0.25, -0.2) is 0 Å². The van der Waals surface area contributed by atoms with Gasteiger partial charge in [-0.2, -0.15) is 7.05 Å². The van der Waals surface area contributed by atoms with E-state index in [1.807, 2.05) is 14.0 Å². The molecule has 0 aliphatic carbocycles. The molecule has 0 aromatic carbocycles. The molecular formula is C8H18NO-. The highest BCUT2D eigenvalue weighted by Crippen LogP contribution is 2.16. The molecule has 0 amide bonds. The van der Waals surface area contributed by atoms with E-state index < -0.39 is 0 Å². The second-order valence-electron chi connectivity index (χ2n) is 3.28. The van der Waals surface area contributed by atoms with Crippen molar-refractivity contribution in [2.24, 2.45) is 5.41 Å². The van der Waals surface area contributed by atoms with Gasteiger partial charge >= 0.3 is 0 Å². The maximum Gasteiger partial charge on any atom is 0.0500 e. The smallest absolute Gasteiger partial charge is 0.0500 e. The Morgan fingerprint density at radius 2 is 2.00 bits per heavy atom. The van der Waals surface area contributed by atoms with Crippen molar-refractivity contribution in [3.05, 3.63) is 5.32 Å². The Morgan fingerprint density at radius 3 is 2.40 bits per heavy atom. The molecule has 0 aromatic heterocycles. The van der Waals surface area contributed by atoms with Gasteiger partial charge in [0.05, 0.1) is 0 Å². The topological polar surface area (TPSA) is 23.3 Å². The predicted molar refractivity (Wildman–Crippen MR) is 44.4 cm³/mol. The molecule has 0 aromatic rings. The lowest BCUT2D eigenvalue weighted by Crippen LogP contribution is -2.23. The molecule has 0 bridgehead atoms. The van der Waals surface area contributed by atoms with Gasteiger partial charge in [0, 0.05) is 13.2 Å². The third-order valence-corrected chi connectivity index (χ3v) is 1.28. The van der Waals surface area contributed by atoms with Gasteiger partial charge < -0.3 is 10.1 Å². The van der Waals surface area contributed by atoms with Crippen molar-refractivity contribution in [1.82, 2.24) is 0 Å². The van der Waals surface area contributed by atoms with Crippen molar-refractivity contribution in [2.75, 3.05) is 26.8 Å². The molecule has 0 spiro atoms. The van der Waals surface area contributed by atoms with Gasteiger partial charge in [-0.15, -0.1) is 6.54 Å². The van der Waals surface area contributed by atoms with E-state index >= 15 is 0 Å². The van der Waals surface area contributed by atoms with Crippen LogP contribution in [0.25, 0.3) is 5.32 Å². The fourth-order valence-corrected chi connectivity index (χ4v) is 0.852. The summed E-state index contributed by atoms with van der Waals surface area (Å²) in [5, 5.41) is 4.08. The van der Waals surface area contributed by atoms with Crippen molar-refractivity contribution < 1.29 is 4.74 Å². The second-order valence-corrected chi connectivity index (χ2v) is 3.28. The molecule has 0 saturated carbocycles. The Kier molecular flexibility index (Phi) is 4.65. The highest BCUT2D eigenvalue weighted by Gasteiger charge is 2.11. The summed E-state index contributed by atoms with van der Waals surface area (Å²) in [5.41, 5.74) is 0.213. The van der Waals surface area contributed by atoms with Crippen LogP contribution in [-0.2, 0) is 4.74 Å². The Labute approximate surface area is 64.0 Å². The lowest BCUT2D eigenvalue weighted by molar-refractivity contribution is 0.0783.